The molecule has 0 saturated carbocycles. The van der Waals surface area contributed by atoms with Crippen LogP contribution >= 0.6 is 23.5 Å². The van der Waals surface area contributed by atoms with Gasteiger partial charge in [0.2, 0.25) is 5.91 Å². The predicted molar refractivity (Wildman–Crippen MR) is 95.4 cm³/mol. The molecule has 10 heteroatoms. The molecule has 0 aliphatic carbocycles. The lowest BCUT2D eigenvalue weighted by Crippen LogP contribution is -2.24. The minimum absolute atomic E-state index is 0.266. The Bertz CT molecular complexity index is 762. The summed E-state index contributed by atoms with van der Waals surface area (Å²) in [6.45, 7) is 4.17. The fraction of sp³-hybridized carbons (Fsp3) is 0.400. The van der Waals surface area contributed by atoms with Crippen molar-refractivity contribution in [2.45, 2.75) is 47.9 Å². The van der Waals surface area contributed by atoms with E-state index in [1.165, 1.54) is 28.5 Å². The number of H-pyrrole nitrogens is 1. The Morgan fingerprint density at radius 3 is 2.60 bits per heavy atom. The molecule has 1 aromatic carbocycles. The summed E-state index contributed by atoms with van der Waals surface area (Å²) in [5.74, 6) is -2.75. The molecule has 1 heterocycles. The molecular formula is C15H18F2N4O2S2. The minimum Gasteiger partial charge on any atom is -0.325 e. The number of halogens is 2. The lowest BCUT2D eigenvalue weighted by Gasteiger charge is -2.12. The van der Waals surface area contributed by atoms with Crippen LogP contribution in [0.15, 0.2) is 39.1 Å². The van der Waals surface area contributed by atoms with E-state index in [2.05, 4.69) is 15.5 Å². The number of aromatic nitrogens is 3. The van der Waals surface area contributed by atoms with Crippen LogP contribution in [0.1, 0.15) is 20.3 Å². The summed E-state index contributed by atoms with van der Waals surface area (Å²) in [4.78, 5) is 24.4. The number of nitrogens with one attached hydrogen (secondary N) is 2. The van der Waals surface area contributed by atoms with Gasteiger partial charge in [-0.05, 0) is 37.6 Å². The molecule has 2 aromatic rings. The number of hydrogen-bond donors (Lipinski definition) is 2. The van der Waals surface area contributed by atoms with Crippen molar-refractivity contribution in [3.05, 3.63) is 34.7 Å². The number of carbonyl (C=O) groups is 1. The molecule has 6 nitrogen and oxygen atoms in total. The maximum Gasteiger partial charge on any atom is 0.343 e. The number of hydrogen-bond acceptors (Lipinski definition) is 5. The van der Waals surface area contributed by atoms with Crippen molar-refractivity contribution in [2.75, 3.05) is 5.32 Å². The van der Waals surface area contributed by atoms with Gasteiger partial charge in [-0.25, -0.2) is 9.89 Å². The first-order valence-electron chi connectivity index (χ1n) is 7.58. The van der Waals surface area contributed by atoms with Crippen LogP contribution in [0.25, 0.3) is 0 Å². The third-order valence-corrected chi connectivity index (χ3v) is 4.98. The second-order valence-corrected chi connectivity index (χ2v) is 7.49. The van der Waals surface area contributed by atoms with Crippen molar-refractivity contribution in [1.82, 2.24) is 14.8 Å². The maximum atomic E-state index is 12.3. The van der Waals surface area contributed by atoms with Crippen molar-refractivity contribution in [3.8, 4) is 0 Å². The quantitative estimate of drug-likeness (QED) is 0.678. The van der Waals surface area contributed by atoms with E-state index in [9.17, 15) is 18.4 Å². The second-order valence-electron chi connectivity index (χ2n) is 5.12. The normalized spacial score (nSPS) is 12.4. The highest BCUT2D eigenvalue weighted by molar-refractivity contribution is 8.00. The fourth-order valence-corrected chi connectivity index (χ4v) is 3.37. The molecule has 1 amide bonds. The van der Waals surface area contributed by atoms with E-state index >= 15 is 0 Å². The molecule has 0 bridgehead atoms. The number of thioether (sulfide) groups is 2. The first-order chi connectivity index (χ1) is 11.9. The van der Waals surface area contributed by atoms with Crippen molar-refractivity contribution in [3.63, 3.8) is 0 Å². The van der Waals surface area contributed by atoms with E-state index in [1.807, 2.05) is 6.92 Å². The Morgan fingerprint density at radius 2 is 2.00 bits per heavy atom. The third kappa shape index (κ3) is 5.60. The zero-order chi connectivity index (χ0) is 18.4. The van der Waals surface area contributed by atoms with Crippen molar-refractivity contribution < 1.29 is 13.6 Å². The highest BCUT2D eigenvalue weighted by Crippen LogP contribution is 2.27. The molecule has 25 heavy (non-hydrogen) atoms. The van der Waals surface area contributed by atoms with Crippen LogP contribution in [0.3, 0.4) is 0 Å². The molecule has 0 radical (unpaired) electrons. The summed E-state index contributed by atoms with van der Waals surface area (Å²) in [6.07, 6.45) is 0.774. The zero-order valence-corrected chi connectivity index (χ0v) is 15.3. The lowest BCUT2D eigenvalue weighted by atomic mass is 10.3. The van der Waals surface area contributed by atoms with Gasteiger partial charge < -0.3 is 5.32 Å². The third-order valence-electron chi connectivity index (χ3n) is 3.17. The molecule has 1 aromatic heterocycles. The molecule has 0 spiro atoms. The van der Waals surface area contributed by atoms with Crippen molar-refractivity contribution >= 4 is 35.1 Å². The topological polar surface area (TPSA) is 79.8 Å². The number of benzene rings is 1. The summed E-state index contributed by atoms with van der Waals surface area (Å²) in [5, 5.41) is 9.01. The summed E-state index contributed by atoms with van der Waals surface area (Å²) in [6, 6.07) is 6.19. The van der Waals surface area contributed by atoms with Gasteiger partial charge in [-0.1, -0.05) is 30.4 Å². The van der Waals surface area contributed by atoms with Gasteiger partial charge in [0.15, 0.2) is 5.16 Å². The van der Waals surface area contributed by atoms with Crippen LogP contribution in [0.5, 0.6) is 0 Å². The highest BCUT2D eigenvalue weighted by atomic mass is 32.2. The van der Waals surface area contributed by atoms with Gasteiger partial charge in [0.1, 0.15) is 0 Å². The Balaban J connectivity index is 1.97. The number of rotatable bonds is 8. The van der Waals surface area contributed by atoms with Gasteiger partial charge in [-0.15, -0.1) is 5.10 Å². The first kappa shape index (κ1) is 19.5. The van der Waals surface area contributed by atoms with E-state index in [0.29, 0.717) is 34.0 Å². The average Bonchev–Trinajstić information content (AvgIpc) is 2.90. The number of alkyl halides is 2. The molecule has 0 aliphatic rings. The predicted octanol–water partition coefficient (Wildman–Crippen LogP) is 3.42. The summed E-state index contributed by atoms with van der Waals surface area (Å²) >= 11 is 1.62. The molecule has 0 unspecified atom stereocenters. The molecule has 1 atom stereocenters. The highest BCUT2D eigenvalue weighted by Gasteiger charge is 2.19. The van der Waals surface area contributed by atoms with Crippen LogP contribution < -0.4 is 11.0 Å². The number of anilines is 1. The first-order valence-corrected chi connectivity index (χ1v) is 9.34. The number of nitrogens with zero attached hydrogens (tertiary/aromatic N) is 2. The number of carbonyl (C=O) groups excluding carboxylic acids is 1. The Morgan fingerprint density at radius 1 is 1.32 bits per heavy atom. The maximum absolute atomic E-state index is 12.3. The van der Waals surface area contributed by atoms with Gasteiger partial charge in [0, 0.05) is 17.1 Å². The van der Waals surface area contributed by atoms with Crippen molar-refractivity contribution in [1.29, 1.82) is 0 Å². The molecule has 2 N–H and O–H groups in total. The fourth-order valence-electron chi connectivity index (χ4n) is 1.99. The Labute approximate surface area is 151 Å². The van der Waals surface area contributed by atoms with E-state index in [0.717, 1.165) is 6.42 Å². The van der Waals surface area contributed by atoms with E-state index in [1.54, 1.807) is 19.1 Å². The number of aromatic amines is 1. The van der Waals surface area contributed by atoms with Crippen LogP contribution in [0.2, 0.25) is 0 Å². The largest absolute Gasteiger partial charge is 0.343 e. The van der Waals surface area contributed by atoms with Crippen LogP contribution in [-0.4, -0.2) is 31.7 Å². The summed E-state index contributed by atoms with van der Waals surface area (Å²) in [7, 11) is 0. The number of amides is 1. The molecule has 2 rings (SSSR count). The molecule has 0 fully saturated rings. The SMILES string of the molecule is CCCn1c(S[C@@H](C)C(=O)Nc2ccc(SC(F)F)cc2)n[nH]c1=O. The van der Waals surface area contributed by atoms with Crippen molar-refractivity contribution in [2.24, 2.45) is 0 Å². The molecule has 0 aliphatic heterocycles. The molecular weight excluding hydrogens is 370 g/mol. The Hall–Kier alpha value is -1.81. The van der Waals surface area contributed by atoms with Crippen LogP contribution in [0, 0.1) is 0 Å². The standard InChI is InChI=1S/C15H18F2N4O2S2/c1-3-8-21-14(23)19-20-15(21)24-9(2)12(22)18-10-4-6-11(7-5-10)25-13(16)17/h4-7,9,13H,3,8H2,1-2H3,(H,18,22)(H,19,23)/t9-/m0/s1. The smallest absolute Gasteiger partial charge is 0.325 e. The average molecular weight is 388 g/mol. The van der Waals surface area contributed by atoms with Gasteiger partial charge in [-0.3, -0.25) is 9.36 Å². The zero-order valence-electron chi connectivity index (χ0n) is 13.7. The van der Waals surface area contributed by atoms with Gasteiger partial charge in [-0.2, -0.15) is 8.78 Å². The van der Waals surface area contributed by atoms with Crippen LogP contribution in [0.4, 0.5) is 14.5 Å². The lowest BCUT2D eigenvalue weighted by molar-refractivity contribution is -0.115. The Kier molecular flexibility index (Phi) is 7.06. The minimum atomic E-state index is -2.48. The molecule has 136 valence electrons. The second kappa shape index (κ2) is 9.04. The monoisotopic (exact) mass is 388 g/mol. The van der Waals surface area contributed by atoms with Gasteiger partial charge in [0.25, 0.3) is 5.76 Å². The van der Waals surface area contributed by atoms with Gasteiger partial charge in [0.05, 0.1) is 5.25 Å². The molecule has 0 saturated heterocycles. The van der Waals surface area contributed by atoms with E-state index in [-0.39, 0.29) is 11.6 Å². The van der Waals surface area contributed by atoms with E-state index in [4.69, 9.17) is 0 Å². The summed E-state index contributed by atoms with van der Waals surface area (Å²) in [5.41, 5.74) is 0.216. The van der Waals surface area contributed by atoms with Crippen LogP contribution in [-0.2, 0) is 11.3 Å². The summed E-state index contributed by atoms with van der Waals surface area (Å²) < 4.78 is 26.1. The van der Waals surface area contributed by atoms with E-state index < -0.39 is 11.0 Å². The van der Waals surface area contributed by atoms with Gasteiger partial charge >= 0.3 is 5.69 Å².